The van der Waals surface area contributed by atoms with Gasteiger partial charge in [-0.15, -0.1) is 11.8 Å². The molecule has 2 aromatic carbocycles. The quantitative estimate of drug-likeness (QED) is 0.399. The van der Waals surface area contributed by atoms with Crippen LogP contribution in [-0.4, -0.2) is 30.1 Å². The van der Waals surface area contributed by atoms with E-state index in [1.54, 1.807) is 24.3 Å². The topological polar surface area (TPSA) is 75.7 Å². The number of allylic oxidation sites excluding steroid dienone is 2. The van der Waals surface area contributed by atoms with Gasteiger partial charge in [0.25, 0.3) is 0 Å². The molecule has 0 unspecified atom stereocenters. The third-order valence-electron chi connectivity index (χ3n) is 5.42. The molecule has 0 aromatic heterocycles. The number of nitrogens with one attached hydrogen (secondary N) is 1. The van der Waals surface area contributed by atoms with Crippen molar-refractivity contribution < 1.29 is 19.1 Å². The lowest BCUT2D eigenvalue weighted by Gasteiger charge is -2.15. The first-order chi connectivity index (χ1) is 15.1. The maximum atomic E-state index is 12.7. The van der Waals surface area contributed by atoms with Gasteiger partial charge >= 0.3 is 0 Å². The van der Waals surface area contributed by atoms with Crippen molar-refractivity contribution in [3.05, 3.63) is 60.7 Å². The van der Waals surface area contributed by atoms with Crippen LogP contribution in [0.15, 0.2) is 65.6 Å². The second kappa shape index (κ2) is 9.39. The highest BCUT2D eigenvalue weighted by Crippen LogP contribution is 2.38. The predicted octanol–water partition coefficient (Wildman–Crippen LogP) is 4.27. The van der Waals surface area contributed by atoms with Crippen molar-refractivity contribution in [1.82, 2.24) is 0 Å². The van der Waals surface area contributed by atoms with Crippen LogP contribution >= 0.6 is 11.8 Å². The van der Waals surface area contributed by atoms with E-state index in [4.69, 9.17) is 4.74 Å². The molecule has 1 saturated heterocycles. The van der Waals surface area contributed by atoms with Crippen LogP contribution in [0.1, 0.15) is 19.8 Å². The Hall–Kier alpha value is -3.06. The number of anilines is 2. The minimum atomic E-state index is -0.238. The highest BCUT2D eigenvalue weighted by atomic mass is 32.2. The van der Waals surface area contributed by atoms with E-state index in [9.17, 15) is 14.4 Å². The lowest BCUT2D eigenvalue weighted by molar-refractivity contribution is -0.122. The maximum Gasteiger partial charge on any atom is 0.238 e. The zero-order valence-corrected chi connectivity index (χ0v) is 18.1. The molecular formula is C24H24N2O4S. The van der Waals surface area contributed by atoms with E-state index >= 15 is 0 Å². The van der Waals surface area contributed by atoms with Crippen molar-refractivity contribution >= 4 is 40.9 Å². The second-order valence-corrected chi connectivity index (χ2v) is 8.50. The molecule has 4 rings (SSSR count). The second-order valence-electron chi connectivity index (χ2n) is 7.46. The van der Waals surface area contributed by atoms with Crippen molar-refractivity contribution in [3.8, 4) is 5.75 Å². The number of rotatable bonds is 7. The van der Waals surface area contributed by atoms with Gasteiger partial charge in [-0.05, 0) is 68.3 Å². The van der Waals surface area contributed by atoms with Gasteiger partial charge in [0.15, 0.2) is 0 Å². The first kappa shape index (κ1) is 21.2. The highest BCUT2D eigenvalue weighted by Gasteiger charge is 2.47. The number of hydrogen-bond acceptors (Lipinski definition) is 5. The van der Waals surface area contributed by atoms with Gasteiger partial charge in [-0.25, -0.2) is 0 Å². The minimum absolute atomic E-state index is 0.111. The smallest absolute Gasteiger partial charge is 0.238 e. The zero-order chi connectivity index (χ0) is 21.8. The number of ether oxygens (including phenoxy) is 1. The van der Waals surface area contributed by atoms with Gasteiger partial charge in [-0.3, -0.25) is 19.3 Å². The number of fused-ring (bicyclic) bond motifs is 1. The molecule has 3 amide bonds. The Morgan fingerprint density at radius 1 is 1.00 bits per heavy atom. The summed E-state index contributed by atoms with van der Waals surface area (Å²) in [5.74, 6) is 0.198. The van der Waals surface area contributed by atoms with Crippen molar-refractivity contribution in [2.75, 3.05) is 22.6 Å². The van der Waals surface area contributed by atoms with E-state index in [-0.39, 0.29) is 35.3 Å². The van der Waals surface area contributed by atoms with Crippen LogP contribution in [0, 0.1) is 11.8 Å². The molecule has 1 aliphatic heterocycles. The highest BCUT2D eigenvalue weighted by molar-refractivity contribution is 8.00. The number of amides is 3. The van der Waals surface area contributed by atoms with Crippen LogP contribution in [0.2, 0.25) is 0 Å². The lowest BCUT2D eigenvalue weighted by Crippen LogP contribution is -2.30. The first-order valence-electron chi connectivity index (χ1n) is 10.3. The SMILES string of the molecule is CCOc1ccc(NC(=O)CSc2ccc(N3C(=O)[C@@H]4CC=CC[C@H]4C3=O)cc2)cc1. The summed E-state index contributed by atoms with van der Waals surface area (Å²) in [6.07, 6.45) is 5.22. The number of hydrogen-bond donors (Lipinski definition) is 1. The summed E-state index contributed by atoms with van der Waals surface area (Å²) in [5.41, 5.74) is 1.30. The maximum absolute atomic E-state index is 12.7. The molecule has 2 aromatic rings. The third kappa shape index (κ3) is 4.66. The predicted molar refractivity (Wildman–Crippen MR) is 121 cm³/mol. The standard InChI is InChI=1S/C24H24N2O4S/c1-2-30-18-11-7-16(8-12-18)25-22(27)15-31-19-13-9-17(10-14-19)26-23(28)20-5-3-4-6-21(20)24(26)29/h3-4,7-14,20-21H,2,5-6,15H2,1H3,(H,25,27)/t20-,21-/m1/s1. The van der Waals surface area contributed by atoms with Gasteiger partial charge in [0.2, 0.25) is 17.7 Å². The molecule has 2 aliphatic rings. The molecule has 0 saturated carbocycles. The molecule has 1 heterocycles. The molecule has 0 radical (unpaired) electrons. The third-order valence-corrected chi connectivity index (χ3v) is 6.43. The Morgan fingerprint density at radius 3 is 2.19 bits per heavy atom. The Morgan fingerprint density at radius 2 is 1.61 bits per heavy atom. The number of imide groups is 1. The Bertz CT molecular complexity index is 975. The molecule has 1 N–H and O–H groups in total. The van der Waals surface area contributed by atoms with E-state index < -0.39 is 0 Å². The van der Waals surface area contributed by atoms with Crippen LogP contribution in [0.5, 0.6) is 5.75 Å². The van der Waals surface area contributed by atoms with Gasteiger partial charge < -0.3 is 10.1 Å². The summed E-state index contributed by atoms with van der Waals surface area (Å²) < 4.78 is 5.39. The Kier molecular flexibility index (Phi) is 6.42. The molecule has 160 valence electrons. The molecule has 31 heavy (non-hydrogen) atoms. The van der Waals surface area contributed by atoms with E-state index in [1.165, 1.54) is 16.7 Å². The summed E-state index contributed by atoms with van der Waals surface area (Å²) in [6, 6.07) is 14.5. The number of nitrogens with zero attached hydrogens (tertiary/aromatic N) is 1. The summed E-state index contributed by atoms with van der Waals surface area (Å²) in [5, 5.41) is 2.86. The largest absolute Gasteiger partial charge is 0.494 e. The fraction of sp³-hybridized carbons (Fsp3) is 0.292. The fourth-order valence-corrected chi connectivity index (χ4v) is 4.59. The summed E-state index contributed by atoms with van der Waals surface area (Å²) >= 11 is 1.40. The van der Waals surface area contributed by atoms with E-state index in [0.29, 0.717) is 30.8 Å². The average Bonchev–Trinajstić information content (AvgIpc) is 3.05. The molecule has 1 fully saturated rings. The monoisotopic (exact) mass is 436 g/mol. The van der Waals surface area contributed by atoms with Crippen molar-refractivity contribution in [2.45, 2.75) is 24.7 Å². The number of carbonyl (C=O) groups is 3. The normalized spacial score (nSPS) is 20.0. The fourth-order valence-electron chi connectivity index (χ4n) is 3.89. The molecule has 0 spiro atoms. The number of thioether (sulfide) groups is 1. The van der Waals surface area contributed by atoms with Crippen LogP contribution < -0.4 is 15.0 Å². The summed E-state index contributed by atoms with van der Waals surface area (Å²) in [7, 11) is 0. The zero-order valence-electron chi connectivity index (χ0n) is 17.2. The van der Waals surface area contributed by atoms with Crippen LogP contribution in [-0.2, 0) is 14.4 Å². The van der Waals surface area contributed by atoms with Crippen molar-refractivity contribution in [3.63, 3.8) is 0 Å². The van der Waals surface area contributed by atoms with Crippen molar-refractivity contribution in [1.29, 1.82) is 0 Å². The first-order valence-corrected chi connectivity index (χ1v) is 11.3. The van der Waals surface area contributed by atoms with Crippen LogP contribution in [0.4, 0.5) is 11.4 Å². The van der Waals surface area contributed by atoms with E-state index in [2.05, 4.69) is 5.32 Å². The Labute approximate surface area is 185 Å². The number of carbonyl (C=O) groups excluding carboxylic acids is 3. The summed E-state index contributed by atoms with van der Waals surface area (Å²) in [4.78, 5) is 39.8. The van der Waals surface area contributed by atoms with Crippen LogP contribution in [0.25, 0.3) is 0 Å². The van der Waals surface area contributed by atoms with Gasteiger partial charge in [-0.2, -0.15) is 0 Å². The number of benzene rings is 2. The van der Waals surface area contributed by atoms with Gasteiger partial charge in [0.1, 0.15) is 5.75 Å². The molecule has 0 bridgehead atoms. The van der Waals surface area contributed by atoms with Gasteiger partial charge in [0, 0.05) is 10.6 Å². The van der Waals surface area contributed by atoms with Gasteiger partial charge in [0.05, 0.1) is 29.9 Å². The van der Waals surface area contributed by atoms with Gasteiger partial charge in [-0.1, -0.05) is 12.2 Å². The average molecular weight is 437 g/mol. The van der Waals surface area contributed by atoms with E-state index in [1.807, 2.05) is 43.3 Å². The molecule has 6 nitrogen and oxygen atoms in total. The molecule has 2 atom stereocenters. The van der Waals surface area contributed by atoms with Crippen LogP contribution in [0.3, 0.4) is 0 Å². The van der Waals surface area contributed by atoms with Crippen molar-refractivity contribution in [2.24, 2.45) is 11.8 Å². The molecule has 1 aliphatic carbocycles. The summed E-state index contributed by atoms with van der Waals surface area (Å²) in [6.45, 7) is 2.52. The Balaban J connectivity index is 1.32. The lowest BCUT2D eigenvalue weighted by atomic mass is 9.85. The minimum Gasteiger partial charge on any atom is -0.494 e. The van der Waals surface area contributed by atoms with E-state index in [0.717, 1.165) is 10.6 Å². The molecule has 7 heteroatoms. The molecular weight excluding hydrogens is 412 g/mol.